The molecule has 3 aromatic carbocycles. The number of nitrogens with zero attached hydrogens (tertiary/aromatic N) is 2. The minimum atomic E-state index is -0.622. The monoisotopic (exact) mass is 416 g/mol. The fourth-order valence-corrected chi connectivity index (χ4v) is 3.01. The van der Waals surface area contributed by atoms with E-state index in [1.165, 1.54) is 11.7 Å². The normalized spacial score (nSPS) is 11.7. The number of rotatable bonds is 8. The maximum atomic E-state index is 11.9. The van der Waals surface area contributed by atoms with Gasteiger partial charge in [0.05, 0.1) is 6.21 Å². The van der Waals surface area contributed by atoms with Crippen molar-refractivity contribution < 1.29 is 14.8 Å². The molecule has 0 fully saturated rings. The Balaban J connectivity index is 1.71. The van der Waals surface area contributed by atoms with Gasteiger partial charge in [-0.05, 0) is 42.0 Å². The van der Waals surface area contributed by atoms with Gasteiger partial charge < -0.3 is 4.90 Å². The molecule has 0 bridgehead atoms. The van der Waals surface area contributed by atoms with Crippen molar-refractivity contribution in [3.05, 3.63) is 90.5 Å². The highest BCUT2D eigenvalue weighted by Gasteiger charge is 2.16. The van der Waals surface area contributed by atoms with E-state index in [9.17, 15) is 9.59 Å². The number of hydrogen-bond acceptors (Lipinski definition) is 5. The average molecular weight is 416 g/mol. The molecule has 0 saturated carbocycles. The van der Waals surface area contributed by atoms with Crippen LogP contribution in [0.3, 0.4) is 0 Å². The Labute approximate surface area is 181 Å². The molecule has 3 N–H and O–H groups in total. The molecule has 7 heteroatoms. The first-order chi connectivity index (χ1) is 15.1. The minimum Gasteiger partial charge on any atom is -0.311 e. The lowest BCUT2D eigenvalue weighted by Crippen LogP contribution is -2.30. The van der Waals surface area contributed by atoms with Gasteiger partial charge in [-0.3, -0.25) is 14.8 Å². The summed E-state index contributed by atoms with van der Waals surface area (Å²) in [6, 6.07) is 28.0. The predicted octanol–water partition coefficient (Wildman–Crippen LogP) is 4.14. The van der Waals surface area contributed by atoms with Gasteiger partial charge in [0.1, 0.15) is 0 Å². The van der Waals surface area contributed by atoms with Gasteiger partial charge in [0.2, 0.25) is 11.8 Å². The van der Waals surface area contributed by atoms with Crippen LogP contribution >= 0.6 is 0 Å². The highest BCUT2D eigenvalue weighted by Crippen LogP contribution is 2.33. The maximum Gasteiger partial charge on any atom is 0.244 e. The zero-order valence-corrected chi connectivity index (χ0v) is 17.1. The highest BCUT2D eigenvalue weighted by atomic mass is 16.5. The molecular weight excluding hydrogens is 392 g/mol. The zero-order chi connectivity index (χ0) is 22.1. The third kappa shape index (κ3) is 6.01. The van der Waals surface area contributed by atoms with E-state index in [0.29, 0.717) is 0 Å². The second-order valence-corrected chi connectivity index (χ2v) is 6.97. The van der Waals surface area contributed by atoms with Crippen LogP contribution in [0.15, 0.2) is 90.0 Å². The van der Waals surface area contributed by atoms with E-state index in [1.807, 2.05) is 60.7 Å². The quantitative estimate of drug-likeness (QED) is 0.292. The highest BCUT2D eigenvalue weighted by molar-refractivity contribution is 5.87. The van der Waals surface area contributed by atoms with Crippen molar-refractivity contribution in [1.82, 2.24) is 10.9 Å². The van der Waals surface area contributed by atoms with E-state index in [-0.39, 0.29) is 6.42 Å². The van der Waals surface area contributed by atoms with Gasteiger partial charge in [0.15, 0.2) is 0 Å². The smallest absolute Gasteiger partial charge is 0.244 e. The van der Waals surface area contributed by atoms with Crippen LogP contribution < -0.4 is 15.8 Å². The van der Waals surface area contributed by atoms with Crippen LogP contribution in [0.2, 0.25) is 0 Å². The summed E-state index contributed by atoms with van der Waals surface area (Å²) >= 11 is 0. The summed E-state index contributed by atoms with van der Waals surface area (Å²) < 4.78 is 0. The standard InChI is InChI=1S/C24H24N4O3/c1-18(16-23(29)27-31)24(30)26-25-17-19-12-14-22(15-13-19)28(20-8-4-2-5-9-20)21-10-6-3-7-11-21/h2-15,17-18,31H,16H2,1H3,(H,26,30)(H,27,29). The maximum absolute atomic E-state index is 11.9. The number of amides is 2. The number of para-hydroxylation sites is 2. The lowest BCUT2D eigenvalue weighted by molar-refractivity contribution is -0.134. The second-order valence-electron chi connectivity index (χ2n) is 6.97. The topological polar surface area (TPSA) is 94.0 Å². The van der Waals surface area contributed by atoms with Crippen LogP contribution in [0.1, 0.15) is 18.9 Å². The van der Waals surface area contributed by atoms with E-state index >= 15 is 0 Å². The Morgan fingerprint density at radius 2 is 1.42 bits per heavy atom. The van der Waals surface area contributed by atoms with Crippen LogP contribution in [-0.4, -0.2) is 23.2 Å². The lowest BCUT2D eigenvalue weighted by Gasteiger charge is -2.25. The molecule has 1 unspecified atom stereocenters. The lowest BCUT2D eigenvalue weighted by atomic mass is 10.1. The van der Waals surface area contributed by atoms with Crippen LogP contribution in [0.25, 0.3) is 0 Å². The molecule has 31 heavy (non-hydrogen) atoms. The number of nitrogens with one attached hydrogen (secondary N) is 2. The number of hydrazone groups is 1. The summed E-state index contributed by atoms with van der Waals surface area (Å²) in [4.78, 5) is 25.2. The van der Waals surface area contributed by atoms with Crippen LogP contribution in [0.5, 0.6) is 0 Å². The van der Waals surface area contributed by atoms with Crippen molar-refractivity contribution in [2.24, 2.45) is 11.0 Å². The van der Waals surface area contributed by atoms with Gasteiger partial charge in [-0.1, -0.05) is 55.5 Å². The fraction of sp³-hybridized carbons (Fsp3) is 0.125. The minimum absolute atomic E-state index is 0.124. The summed E-state index contributed by atoms with van der Waals surface area (Å²) in [5.74, 6) is -1.64. The molecule has 0 aromatic heterocycles. The molecule has 1 atom stereocenters. The molecule has 2 amide bonds. The van der Waals surface area contributed by atoms with Crippen LogP contribution in [0.4, 0.5) is 17.1 Å². The zero-order valence-electron chi connectivity index (χ0n) is 17.1. The van der Waals surface area contributed by atoms with E-state index < -0.39 is 17.7 Å². The summed E-state index contributed by atoms with van der Waals surface area (Å²) in [7, 11) is 0. The predicted molar refractivity (Wildman–Crippen MR) is 121 cm³/mol. The van der Waals surface area contributed by atoms with Crippen molar-refractivity contribution in [3.8, 4) is 0 Å². The number of hydroxylamine groups is 1. The van der Waals surface area contributed by atoms with Crippen LogP contribution in [0, 0.1) is 5.92 Å². The van der Waals surface area contributed by atoms with Gasteiger partial charge in [-0.25, -0.2) is 10.9 Å². The molecule has 0 saturated heterocycles. The fourth-order valence-electron chi connectivity index (χ4n) is 3.01. The van der Waals surface area contributed by atoms with Crippen LogP contribution in [-0.2, 0) is 9.59 Å². The number of anilines is 3. The van der Waals surface area contributed by atoms with Crippen molar-refractivity contribution in [2.75, 3.05) is 4.90 Å². The Morgan fingerprint density at radius 1 is 0.903 bits per heavy atom. The third-order valence-electron chi connectivity index (χ3n) is 4.63. The molecule has 3 rings (SSSR count). The van der Waals surface area contributed by atoms with Gasteiger partial charge in [0, 0.05) is 29.4 Å². The largest absolute Gasteiger partial charge is 0.311 e. The first-order valence-electron chi connectivity index (χ1n) is 9.84. The van der Waals surface area contributed by atoms with Gasteiger partial charge in [0.25, 0.3) is 0 Å². The van der Waals surface area contributed by atoms with Gasteiger partial charge >= 0.3 is 0 Å². The van der Waals surface area contributed by atoms with Crippen molar-refractivity contribution in [3.63, 3.8) is 0 Å². The van der Waals surface area contributed by atoms with E-state index in [4.69, 9.17) is 5.21 Å². The molecule has 0 spiro atoms. The molecule has 0 heterocycles. The Hall–Kier alpha value is -3.97. The van der Waals surface area contributed by atoms with E-state index in [2.05, 4.69) is 39.7 Å². The molecule has 3 aromatic rings. The summed E-state index contributed by atoms with van der Waals surface area (Å²) in [6.45, 7) is 1.58. The molecule has 158 valence electrons. The van der Waals surface area contributed by atoms with E-state index in [0.717, 1.165) is 22.6 Å². The third-order valence-corrected chi connectivity index (χ3v) is 4.63. The first-order valence-corrected chi connectivity index (χ1v) is 9.84. The molecule has 0 radical (unpaired) electrons. The van der Waals surface area contributed by atoms with Crippen molar-refractivity contribution in [1.29, 1.82) is 0 Å². The van der Waals surface area contributed by atoms with Gasteiger partial charge in [-0.2, -0.15) is 5.10 Å². The second kappa shape index (κ2) is 10.7. The number of carbonyl (C=O) groups excluding carboxylic acids is 2. The number of benzene rings is 3. The summed E-state index contributed by atoms with van der Waals surface area (Å²) in [6.07, 6.45) is 1.41. The molecule has 0 aliphatic rings. The molecule has 0 aliphatic heterocycles. The van der Waals surface area contributed by atoms with Crippen molar-refractivity contribution in [2.45, 2.75) is 13.3 Å². The summed E-state index contributed by atoms with van der Waals surface area (Å²) in [5, 5.41) is 12.5. The Bertz CT molecular complexity index is 982. The Morgan fingerprint density at radius 3 is 1.94 bits per heavy atom. The first kappa shape index (κ1) is 21.7. The molecule has 0 aliphatic carbocycles. The average Bonchev–Trinajstić information content (AvgIpc) is 2.81. The number of hydrogen-bond donors (Lipinski definition) is 3. The van der Waals surface area contributed by atoms with E-state index in [1.54, 1.807) is 6.92 Å². The summed E-state index contributed by atoms with van der Waals surface area (Å²) in [5.41, 5.74) is 7.81. The molecular formula is C24H24N4O3. The van der Waals surface area contributed by atoms with Crippen molar-refractivity contribution >= 4 is 35.1 Å². The van der Waals surface area contributed by atoms with Gasteiger partial charge in [-0.15, -0.1) is 0 Å². The molecule has 7 nitrogen and oxygen atoms in total. The number of carbonyl (C=O) groups is 2. The Kier molecular flexibility index (Phi) is 7.50. The SMILES string of the molecule is CC(CC(=O)NO)C(=O)NN=Cc1ccc(N(c2ccccc2)c2ccccc2)cc1.